The number of pyridine rings is 1. The average Bonchev–Trinajstić information content (AvgIpc) is 3.16. The smallest absolute Gasteiger partial charge is 0.191 e. The summed E-state index contributed by atoms with van der Waals surface area (Å²) in [4.78, 5) is 9.19. The Morgan fingerprint density at radius 1 is 1.43 bits per heavy atom. The molecule has 1 aliphatic carbocycles. The highest BCUT2D eigenvalue weighted by Gasteiger charge is 2.21. The highest BCUT2D eigenvalue weighted by Crippen LogP contribution is 2.18. The van der Waals surface area contributed by atoms with Gasteiger partial charge in [0.1, 0.15) is 5.65 Å². The van der Waals surface area contributed by atoms with E-state index in [0.717, 1.165) is 36.8 Å². The summed E-state index contributed by atoms with van der Waals surface area (Å²) in [7, 11) is 0. The van der Waals surface area contributed by atoms with Crippen LogP contribution in [0.25, 0.3) is 5.65 Å². The van der Waals surface area contributed by atoms with Gasteiger partial charge in [0.25, 0.3) is 0 Å². The zero-order valence-electron chi connectivity index (χ0n) is 12.2. The van der Waals surface area contributed by atoms with Gasteiger partial charge in [-0.3, -0.25) is 4.99 Å². The van der Waals surface area contributed by atoms with Gasteiger partial charge in [-0.2, -0.15) is 0 Å². The second-order valence-electron chi connectivity index (χ2n) is 5.13. The molecule has 2 aromatic rings. The molecule has 2 aromatic heterocycles. The molecule has 1 saturated carbocycles. The first-order valence-corrected chi connectivity index (χ1v) is 7.32. The van der Waals surface area contributed by atoms with Crippen LogP contribution in [-0.4, -0.2) is 34.5 Å². The Kier molecular flexibility index (Phi) is 5.84. The lowest BCUT2D eigenvalue weighted by Crippen LogP contribution is -2.38. The van der Waals surface area contributed by atoms with Crippen molar-refractivity contribution < 1.29 is 0 Å². The molecule has 1 aliphatic rings. The molecule has 0 saturated heterocycles. The summed E-state index contributed by atoms with van der Waals surface area (Å²) in [5, 5.41) is 6.70. The van der Waals surface area contributed by atoms with Crippen LogP contribution in [0.1, 0.15) is 25.5 Å². The van der Waals surface area contributed by atoms with E-state index in [1.807, 2.05) is 28.8 Å². The number of halogens is 1. The summed E-state index contributed by atoms with van der Waals surface area (Å²) in [6.07, 6.45) is 7.48. The van der Waals surface area contributed by atoms with E-state index in [2.05, 4.69) is 33.7 Å². The quantitative estimate of drug-likeness (QED) is 0.461. The van der Waals surface area contributed by atoms with E-state index in [9.17, 15) is 0 Å². The first-order chi connectivity index (χ1) is 9.85. The number of aromatic nitrogens is 2. The highest BCUT2D eigenvalue weighted by atomic mass is 127. The van der Waals surface area contributed by atoms with Crippen molar-refractivity contribution in [3.63, 3.8) is 0 Å². The predicted molar refractivity (Wildman–Crippen MR) is 96.4 cm³/mol. The van der Waals surface area contributed by atoms with Crippen molar-refractivity contribution in [1.29, 1.82) is 0 Å². The molecular formula is C15H22IN5. The van der Waals surface area contributed by atoms with E-state index < -0.39 is 0 Å². The zero-order valence-corrected chi connectivity index (χ0v) is 14.6. The molecule has 5 nitrogen and oxygen atoms in total. The highest BCUT2D eigenvalue weighted by molar-refractivity contribution is 14.0. The van der Waals surface area contributed by atoms with Crippen molar-refractivity contribution in [2.75, 3.05) is 13.1 Å². The van der Waals surface area contributed by atoms with E-state index in [-0.39, 0.29) is 24.0 Å². The molecule has 2 N–H and O–H groups in total. The van der Waals surface area contributed by atoms with Gasteiger partial charge in [-0.25, -0.2) is 4.98 Å². The van der Waals surface area contributed by atoms with E-state index in [1.165, 1.54) is 12.8 Å². The molecule has 0 aromatic carbocycles. The van der Waals surface area contributed by atoms with Crippen LogP contribution in [0.15, 0.2) is 35.6 Å². The number of imidazole rings is 1. The van der Waals surface area contributed by atoms with Gasteiger partial charge in [0.15, 0.2) is 5.96 Å². The van der Waals surface area contributed by atoms with Crippen molar-refractivity contribution in [1.82, 2.24) is 20.0 Å². The third-order valence-electron chi connectivity index (χ3n) is 3.31. The second-order valence-corrected chi connectivity index (χ2v) is 5.13. The molecule has 0 bridgehead atoms. The van der Waals surface area contributed by atoms with Gasteiger partial charge >= 0.3 is 0 Å². The second kappa shape index (κ2) is 7.63. The molecule has 2 heterocycles. The largest absolute Gasteiger partial charge is 0.357 e. The van der Waals surface area contributed by atoms with Crippen LogP contribution in [0.3, 0.4) is 0 Å². The normalized spacial score (nSPS) is 14.8. The van der Waals surface area contributed by atoms with Crippen molar-refractivity contribution in [2.45, 2.75) is 32.2 Å². The lowest BCUT2D eigenvalue weighted by Gasteiger charge is -2.09. The van der Waals surface area contributed by atoms with Crippen LogP contribution in [0.2, 0.25) is 0 Å². The minimum absolute atomic E-state index is 0. The maximum Gasteiger partial charge on any atom is 0.191 e. The van der Waals surface area contributed by atoms with Crippen LogP contribution in [-0.2, 0) is 6.42 Å². The monoisotopic (exact) mass is 399 g/mol. The van der Waals surface area contributed by atoms with Gasteiger partial charge < -0.3 is 15.0 Å². The van der Waals surface area contributed by atoms with Gasteiger partial charge in [0.2, 0.25) is 0 Å². The minimum Gasteiger partial charge on any atom is -0.357 e. The Morgan fingerprint density at radius 2 is 2.29 bits per heavy atom. The van der Waals surface area contributed by atoms with Crippen LogP contribution in [0.4, 0.5) is 0 Å². The first kappa shape index (κ1) is 16.1. The average molecular weight is 399 g/mol. The number of hydrogen-bond acceptors (Lipinski definition) is 2. The number of rotatable bonds is 5. The summed E-state index contributed by atoms with van der Waals surface area (Å²) in [6.45, 7) is 3.74. The molecular weight excluding hydrogens is 377 g/mol. The Hall–Kier alpha value is -1.31. The Labute approximate surface area is 142 Å². The summed E-state index contributed by atoms with van der Waals surface area (Å²) >= 11 is 0. The van der Waals surface area contributed by atoms with E-state index in [0.29, 0.717) is 6.04 Å². The molecule has 0 amide bonds. The summed E-state index contributed by atoms with van der Waals surface area (Å²) < 4.78 is 2.05. The molecule has 6 heteroatoms. The number of aliphatic imine (C=N–C) groups is 1. The molecule has 114 valence electrons. The van der Waals surface area contributed by atoms with Crippen molar-refractivity contribution in [2.24, 2.45) is 4.99 Å². The van der Waals surface area contributed by atoms with E-state index in [1.54, 1.807) is 0 Å². The van der Waals surface area contributed by atoms with Crippen LogP contribution in [0.5, 0.6) is 0 Å². The molecule has 0 aliphatic heterocycles. The first-order valence-electron chi connectivity index (χ1n) is 7.32. The van der Waals surface area contributed by atoms with Gasteiger partial charge in [0, 0.05) is 37.9 Å². The fraction of sp³-hybridized carbons (Fsp3) is 0.467. The lowest BCUT2D eigenvalue weighted by molar-refractivity contribution is 0.806. The lowest BCUT2D eigenvalue weighted by atomic mass is 10.3. The standard InChI is InChI=1S/C15H21N5.HI/c1-2-16-15(19-12-6-7-12)17-9-8-13-11-20-10-4-3-5-14(20)18-13;/h3-5,10-12H,2,6-9H2,1H3,(H2,16,17,19);1H. The molecule has 3 rings (SSSR count). The molecule has 0 spiro atoms. The summed E-state index contributed by atoms with van der Waals surface area (Å²) in [5.74, 6) is 0.929. The van der Waals surface area contributed by atoms with Crippen molar-refractivity contribution in [3.05, 3.63) is 36.3 Å². The number of nitrogens with one attached hydrogen (secondary N) is 2. The summed E-state index contributed by atoms with van der Waals surface area (Å²) in [6, 6.07) is 6.67. The topological polar surface area (TPSA) is 53.7 Å². The Bertz CT molecular complexity index is 570. The molecule has 0 radical (unpaired) electrons. The third-order valence-corrected chi connectivity index (χ3v) is 3.31. The summed E-state index contributed by atoms with van der Waals surface area (Å²) in [5.41, 5.74) is 2.08. The van der Waals surface area contributed by atoms with Gasteiger partial charge in [-0.05, 0) is 31.9 Å². The van der Waals surface area contributed by atoms with Crippen LogP contribution < -0.4 is 10.6 Å². The Morgan fingerprint density at radius 3 is 3.00 bits per heavy atom. The number of guanidine groups is 1. The van der Waals surface area contributed by atoms with Crippen LogP contribution >= 0.6 is 24.0 Å². The zero-order chi connectivity index (χ0) is 13.8. The number of hydrogen-bond donors (Lipinski definition) is 2. The van der Waals surface area contributed by atoms with Gasteiger partial charge in [0.05, 0.1) is 5.69 Å². The maximum atomic E-state index is 4.60. The SMILES string of the molecule is CCNC(=NCCc1cn2ccccc2n1)NC1CC1.I. The van der Waals surface area contributed by atoms with Crippen molar-refractivity contribution >= 4 is 35.6 Å². The fourth-order valence-corrected chi connectivity index (χ4v) is 2.13. The third kappa shape index (κ3) is 4.59. The number of fused-ring (bicyclic) bond motifs is 1. The molecule has 0 unspecified atom stereocenters. The minimum atomic E-state index is 0. The van der Waals surface area contributed by atoms with Gasteiger partial charge in [-0.15, -0.1) is 24.0 Å². The molecule has 1 fully saturated rings. The van der Waals surface area contributed by atoms with E-state index in [4.69, 9.17) is 0 Å². The Balaban J connectivity index is 0.00000161. The number of nitrogens with zero attached hydrogens (tertiary/aromatic N) is 3. The fourth-order valence-electron chi connectivity index (χ4n) is 2.13. The van der Waals surface area contributed by atoms with E-state index >= 15 is 0 Å². The molecule has 21 heavy (non-hydrogen) atoms. The molecule has 0 atom stereocenters. The van der Waals surface area contributed by atoms with Gasteiger partial charge in [-0.1, -0.05) is 6.07 Å². The van der Waals surface area contributed by atoms with Crippen LogP contribution in [0, 0.1) is 0 Å². The van der Waals surface area contributed by atoms with Crippen molar-refractivity contribution in [3.8, 4) is 0 Å². The predicted octanol–water partition coefficient (Wildman–Crippen LogP) is 2.21. The maximum absolute atomic E-state index is 4.60.